The van der Waals surface area contributed by atoms with Crippen LogP contribution in [-0.4, -0.2) is 16.1 Å². The predicted octanol–water partition coefficient (Wildman–Crippen LogP) is 3.39. The zero-order valence-electron chi connectivity index (χ0n) is 10.5. The van der Waals surface area contributed by atoms with Gasteiger partial charge in [0.25, 0.3) is 0 Å². The van der Waals surface area contributed by atoms with Crippen LogP contribution in [0.25, 0.3) is 0 Å². The highest BCUT2D eigenvalue weighted by Gasteiger charge is 2.20. The Morgan fingerprint density at radius 2 is 2.32 bits per heavy atom. The summed E-state index contributed by atoms with van der Waals surface area (Å²) < 4.78 is 13.2. The third-order valence-corrected chi connectivity index (χ3v) is 4.05. The van der Waals surface area contributed by atoms with Crippen LogP contribution in [0, 0.1) is 12.7 Å². The summed E-state index contributed by atoms with van der Waals surface area (Å²) in [5.74, 6) is -2.01. The second kappa shape index (κ2) is 5.93. The van der Waals surface area contributed by atoms with E-state index in [1.807, 2.05) is 6.92 Å². The van der Waals surface area contributed by atoms with Crippen molar-refractivity contribution in [1.82, 2.24) is 4.98 Å². The molecule has 0 aliphatic carbocycles. The minimum atomic E-state index is -0.923. The number of hydrogen-bond donors (Lipinski definition) is 1. The monoisotopic (exact) mass is 279 g/mol. The van der Waals surface area contributed by atoms with E-state index in [-0.39, 0.29) is 0 Å². The lowest BCUT2D eigenvalue weighted by atomic mass is 9.94. The second-order valence-corrected chi connectivity index (χ2v) is 5.28. The van der Waals surface area contributed by atoms with Crippen LogP contribution in [-0.2, 0) is 11.2 Å². The van der Waals surface area contributed by atoms with Crippen LogP contribution in [0.15, 0.2) is 29.8 Å². The number of carboxylic acid groups (broad SMARTS) is 1. The molecule has 0 saturated carbocycles. The van der Waals surface area contributed by atoms with Gasteiger partial charge in [0, 0.05) is 4.88 Å². The minimum Gasteiger partial charge on any atom is -0.481 e. The van der Waals surface area contributed by atoms with E-state index < -0.39 is 17.7 Å². The predicted molar refractivity (Wildman–Crippen MR) is 71.9 cm³/mol. The van der Waals surface area contributed by atoms with Crippen molar-refractivity contribution < 1.29 is 14.3 Å². The highest BCUT2D eigenvalue weighted by atomic mass is 32.1. The third-order valence-electron chi connectivity index (χ3n) is 3.05. The zero-order valence-corrected chi connectivity index (χ0v) is 11.3. The van der Waals surface area contributed by atoms with Crippen LogP contribution in [0.5, 0.6) is 0 Å². The van der Waals surface area contributed by atoms with Gasteiger partial charge in [0.05, 0.1) is 17.1 Å². The molecule has 1 heterocycles. The van der Waals surface area contributed by atoms with Crippen molar-refractivity contribution in [1.29, 1.82) is 0 Å². The van der Waals surface area contributed by atoms with E-state index in [0.717, 1.165) is 10.6 Å². The van der Waals surface area contributed by atoms with E-state index in [0.29, 0.717) is 18.4 Å². The SMILES string of the molecule is Cc1ncsc1CCC(C(=O)O)c1cccc(F)c1. The van der Waals surface area contributed by atoms with Crippen LogP contribution in [0.2, 0.25) is 0 Å². The van der Waals surface area contributed by atoms with Gasteiger partial charge in [-0.25, -0.2) is 9.37 Å². The lowest BCUT2D eigenvalue weighted by Gasteiger charge is -2.12. The van der Waals surface area contributed by atoms with Gasteiger partial charge in [0.2, 0.25) is 0 Å². The van der Waals surface area contributed by atoms with Crippen LogP contribution < -0.4 is 0 Å². The quantitative estimate of drug-likeness (QED) is 0.912. The molecular weight excluding hydrogens is 265 g/mol. The number of carboxylic acids is 1. The maximum absolute atomic E-state index is 13.2. The van der Waals surface area contributed by atoms with Gasteiger partial charge in [-0.3, -0.25) is 4.79 Å². The Balaban J connectivity index is 2.13. The zero-order chi connectivity index (χ0) is 13.8. The minimum absolute atomic E-state index is 0.405. The van der Waals surface area contributed by atoms with Gasteiger partial charge < -0.3 is 5.11 Å². The van der Waals surface area contributed by atoms with Gasteiger partial charge >= 0.3 is 5.97 Å². The van der Waals surface area contributed by atoms with Crippen molar-refractivity contribution in [3.05, 3.63) is 51.7 Å². The van der Waals surface area contributed by atoms with Crippen molar-refractivity contribution >= 4 is 17.3 Å². The molecule has 1 aromatic carbocycles. The average Bonchev–Trinajstić information content (AvgIpc) is 2.75. The van der Waals surface area contributed by atoms with E-state index in [9.17, 15) is 14.3 Å². The molecule has 100 valence electrons. The van der Waals surface area contributed by atoms with Gasteiger partial charge in [-0.1, -0.05) is 12.1 Å². The van der Waals surface area contributed by atoms with Gasteiger partial charge in [0.1, 0.15) is 5.82 Å². The first-order chi connectivity index (χ1) is 9.08. The number of halogens is 1. The first-order valence-corrected chi connectivity index (χ1v) is 6.83. The molecule has 2 rings (SSSR count). The molecule has 1 aromatic heterocycles. The summed E-state index contributed by atoms with van der Waals surface area (Å²) in [4.78, 5) is 16.5. The van der Waals surface area contributed by atoms with E-state index in [1.165, 1.54) is 23.5 Å². The van der Waals surface area contributed by atoms with E-state index in [1.54, 1.807) is 17.6 Å². The standard InChI is InChI=1S/C14H14FNO2S/c1-9-13(19-8-16-9)6-5-12(14(17)18)10-3-2-4-11(15)7-10/h2-4,7-8,12H,5-6H2,1H3,(H,17,18). The maximum atomic E-state index is 13.2. The van der Waals surface area contributed by atoms with Crippen molar-refractivity contribution in [3.8, 4) is 0 Å². The smallest absolute Gasteiger partial charge is 0.310 e. The summed E-state index contributed by atoms with van der Waals surface area (Å²) >= 11 is 1.52. The van der Waals surface area contributed by atoms with Crippen LogP contribution >= 0.6 is 11.3 Å². The van der Waals surface area contributed by atoms with Crippen molar-refractivity contribution in [2.45, 2.75) is 25.7 Å². The van der Waals surface area contributed by atoms with E-state index >= 15 is 0 Å². The fraction of sp³-hybridized carbons (Fsp3) is 0.286. The molecule has 2 aromatic rings. The number of benzene rings is 1. The molecule has 19 heavy (non-hydrogen) atoms. The highest BCUT2D eigenvalue weighted by molar-refractivity contribution is 7.09. The molecule has 1 N–H and O–H groups in total. The largest absolute Gasteiger partial charge is 0.481 e. The molecule has 0 aliphatic heterocycles. The first-order valence-electron chi connectivity index (χ1n) is 5.95. The Labute approximate surface area is 114 Å². The molecule has 0 fully saturated rings. The number of rotatable bonds is 5. The third kappa shape index (κ3) is 3.38. The molecule has 0 saturated heterocycles. The molecule has 0 bridgehead atoms. The number of nitrogens with zero attached hydrogens (tertiary/aromatic N) is 1. The first kappa shape index (κ1) is 13.7. The summed E-state index contributed by atoms with van der Waals surface area (Å²) in [6, 6.07) is 5.80. The summed E-state index contributed by atoms with van der Waals surface area (Å²) in [5.41, 5.74) is 3.20. The fourth-order valence-corrected chi connectivity index (χ4v) is 2.79. The molecule has 5 heteroatoms. The highest BCUT2D eigenvalue weighted by Crippen LogP contribution is 2.25. The Bertz CT molecular complexity index is 582. The fourth-order valence-electron chi connectivity index (χ4n) is 2.00. The maximum Gasteiger partial charge on any atom is 0.310 e. The molecule has 0 aliphatic rings. The number of thiazole rings is 1. The molecule has 1 atom stereocenters. The molecular formula is C14H14FNO2S. The van der Waals surface area contributed by atoms with Gasteiger partial charge in [-0.15, -0.1) is 11.3 Å². The number of carbonyl (C=O) groups is 1. The number of hydrogen-bond acceptors (Lipinski definition) is 3. The van der Waals surface area contributed by atoms with Crippen LogP contribution in [0.3, 0.4) is 0 Å². The summed E-state index contributed by atoms with van der Waals surface area (Å²) in [7, 11) is 0. The van der Waals surface area contributed by atoms with E-state index in [2.05, 4.69) is 4.98 Å². The number of aromatic nitrogens is 1. The van der Waals surface area contributed by atoms with Crippen molar-refractivity contribution in [3.63, 3.8) is 0 Å². The molecule has 0 radical (unpaired) electrons. The van der Waals surface area contributed by atoms with Crippen LogP contribution in [0.4, 0.5) is 4.39 Å². The topological polar surface area (TPSA) is 50.2 Å². The molecule has 0 amide bonds. The normalized spacial score (nSPS) is 12.3. The number of aryl methyl sites for hydroxylation is 2. The Morgan fingerprint density at radius 1 is 1.53 bits per heavy atom. The van der Waals surface area contributed by atoms with Gasteiger partial charge in [-0.05, 0) is 37.5 Å². The average molecular weight is 279 g/mol. The van der Waals surface area contributed by atoms with E-state index in [4.69, 9.17) is 0 Å². The summed E-state index contributed by atoms with van der Waals surface area (Å²) in [6.07, 6.45) is 1.09. The molecule has 1 unspecified atom stereocenters. The van der Waals surface area contributed by atoms with Crippen LogP contribution in [0.1, 0.15) is 28.5 Å². The van der Waals surface area contributed by atoms with Gasteiger partial charge in [-0.2, -0.15) is 0 Å². The lowest BCUT2D eigenvalue weighted by Crippen LogP contribution is -2.12. The van der Waals surface area contributed by atoms with Gasteiger partial charge in [0.15, 0.2) is 0 Å². The summed E-state index contributed by atoms with van der Waals surface area (Å²) in [5, 5.41) is 9.28. The lowest BCUT2D eigenvalue weighted by molar-refractivity contribution is -0.138. The molecule has 3 nitrogen and oxygen atoms in total. The molecule has 0 spiro atoms. The Hall–Kier alpha value is -1.75. The second-order valence-electron chi connectivity index (χ2n) is 4.35. The Kier molecular flexibility index (Phi) is 4.27. The van der Waals surface area contributed by atoms with Crippen molar-refractivity contribution in [2.24, 2.45) is 0 Å². The Morgan fingerprint density at radius 3 is 2.89 bits per heavy atom. The number of aliphatic carboxylic acids is 1. The van der Waals surface area contributed by atoms with Crippen molar-refractivity contribution in [2.75, 3.05) is 0 Å². The summed E-state index contributed by atoms with van der Waals surface area (Å²) in [6.45, 7) is 1.91.